The molecule has 0 bridgehead atoms. The normalized spacial score (nSPS) is 13.3. The van der Waals surface area contributed by atoms with Gasteiger partial charge < -0.3 is 16.2 Å². The molecule has 0 amide bonds. The molecular weight excluding hydrogens is 624 g/mol. The maximum atomic E-state index is 14.4. The predicted octanol–water partition coefficient (Wildman–Crippen LogP) is 5.90. The van der Waals surface area contributed by atoms with E-state index in [2.05, 4.69) is 27.1 Å². The van der Waals surface area contributed by atoms with Crippen molar-refractivity contribution in [2.45, 2.75) is 57.7 Å². The van der Waals surface area contributed by atoms with Crippen LogP contribution in [0.15, 0.2) is 77.9 Å². The van der Waals surface area contributed by atoms with Crippen LogP contribution in [0.5, 0.6) is 5.75 Å². The number of nitrogen functional groups attached to an aromatic ring is 1. The van der Waals surface area contributed by atoms with Crippen LogP contribution in [0.25, 0.3) is 33.2 Å². The van der Waals surface area contributed by atoms with Crippen molar-refractivity contribution in [2.75, 3.05) is 12.3 Å². The number of hydrogen-bond donors (Lipinski definition) is 3. The van der Waals surface area contributed by atoms with Gasteiger partial charge in [0.05, 0.1) is 22.8 Å². The summed E-state index contributed by atoms with van der Waals surface area (Å²) in [5.41, 5.74) is 9.87. The lowest BCUT2D eigenvalue weighted by Crippen LogP contribution is -2.28. The maximum absolute atomic E-state index is 14.4. The minimum atomic E-state index is -0.216. The van der Waals surface area contributed by atoms with E-state index in [1.165, 1.54) is 32.0 Å². The number of anilines is 1. The van der Waals surface area contributed by atoms with Gasteiger partial charge in [-0.2, -0.15) is 5.10 Å². The van der Waals surface area contributed by atoms with E-state index in [4.69, 9.17) is 27.4 Å². The average Bonchev–Trinajstić information content (AvgIpc) is 3.74. The van der Waals surface area contributed by atoms with Crippen LogP contribution in [-0.2, 0) is 13.1 Å². The van der Waals surface area contributed by atoms with Gasteiger partial charge in [0.1, 0.15) is 36.0 Å². The number of aromatic hydroxyl groups is 1. The number of nitrogens with zero attached hydrogens (tertiary/aromatic N) is 6. The molecule has 3 aromatic heterocycles. The number of unbranched alkanes of at least 4 members (excludes halogenated alkanes) is 1. The summed E-state index contributed by atoms with van der Waals surface area (Å²) in [5.74, 6) is 7.42. The van der Waals surface area contributed by atoms with Gasteiger partial charge in [-0.1, -0.05) is 60.5 Å². The smallest absolute Gasteiger partial charge is 0.263 e. The summed E-state index contributed by atoms with van der Waals surface area (Å²) in [7, 11) is 0. The number of phenols is 1. The molecule has 0 aliphatic heterocycles. The standard InChI is InChI=1S/C37H35ClN8O2/c38-29-14-6-3-10-26(29)21-45-31(22-46-36-33(35(39)41-23-42-36)34(44-46)25-16-18-28(47)19-17-25)43-30-15-8-11-24(32(30)37(45)48)9-2-1-7-20-40-27-12-4-5-13-27/h3,6,8,10-11,14-19,23,27,40,47H,1,4-5,7,12-13,20-22H2,(H2,39,41,42). The van der Waals surface area contributed by atoms with Crippen molar-refractivity contribution < 1.29 is 5.11 Å². The van der Waals surface area contributed by atoms with Gasteiger partial charge in [0.25, 0.3) is 5.56 Å². The predicted molar refractivity (Wildman–Crippen MR) is 189 cm³/mol. The molecule has 6 aromatic rings. The van der Waals surface area contributed by atoms with Crippen LogP contribution in [0.2, 0.25) is 5.02 Å². The van der Waals surface area contributed by atoms with Crippen LogP contribution in [-0.4, -0.2) is 47.0 Å². The summed E-state index contributed by atoms with van der Waals surface area (Å²) in [4.78, 5) is 28.2. The number of fused-ring (bicyclic) bond motifs is 2. The van der Waals surface area contributed by atoms with E-state index in [-0.39, 0.29) is 30.2 Å². The third kappa shape index (κ3) is 6.47. The first-order chi connectivity index (χ1) is 23.5. The summed E-state index contributed by atoms with van der Waals surface area (Å²) in [6.45, 7) is 1.26. The molecule has 48 heavy (non-hydrogen) atoms. The Morgan fingerprint density at radius 2 is 1.79 bits per heavy atom. The number of phenolic OH excluding ortho intramolecular Hbond substituents is 1. The number of halogens is 1. The zero-order valence-corrected chi connectivity index (χ0v) is 27.1. The van der Waals surface area contributed by atoms with E-state index in [1.807, 2.05) is 36.4 Å². The van der Waals surface area contributed by atoms with E-state index in [0.717, 1.165) is 30.5 Å². The monoisotopic (exact) mass is 658 g/mol. The molecule has 0 spiro atoms. The molecule has 0 atom stereocenters. The SMILES string of the molecule is Nc1ncnc2c1c(-c1ccc(O)cc1)nn2Cc1nc2cccc(C#CCCCNC3CCCC3)c2c(=O)n1Cc1ccccc1Cl. The lowest BCUT2D eigenvalue weighted by molar-refractivity contribution is 0.475. The Labute approximate surface area is 282 Å². The van der Waals surface area contributed by atoms with Gasteiger partial charge in [-0.25, -0.2) is 19.6 Å². The zero-order chi connectivity index (χ0) is 33.0. The molecular formula is C37H35ClN8O2. The van der Waals surface area contributed by atoms with Crippen molar-refractivity contribution in [1.29, 1.82) is 0 Å². The Kier molecular flexibility index (Phi) is 9.05. The lowest BCUT2D eigenvalue weighted by atomic mass is 10.1. The molecule has 0 radical (unpaired) electrons. The van der Waals surface area contributed by atoms with E-state index < -0.39 is 0 Å². The molecule has 7 rings (SSSR count). The third-order valence-corrected chi connectivity index (χ3v) is 9.20. The molecule has 1 saturated carbocycles. The van der Waals surface area contributed by atoms with Crippen LogP contribution in [0.4, 0.5) is 5.82 Å². The Morgan fingerprint density at radius 3 is 2.60 bits per heavy atom. The molecule has 1 aliphatic rings. The van der Waals surface area contributed by atoms with Crippen molar-refractivity contribution in [3.8, 4) is 28.8 Å². The summed E-state index contributed by atoms with van der Waals surface area (Å²) in [6, 6.07) is 20.3. The summed E-state index contributed by atoms with van der Waals surface area (Å²) in [6.07, 6.45) is 8.21. The van der Waals surface area contributed by atoms with Crippen molar-refractivity contribution in [1.82, 2.24) is 34.6 Å². The molecule has 1 fully saturated rings. The fourth-order valence-corrected chi connectivity index (χ4v) is 6.56. The number of hydrogen-bond acceptors (Lipinski definition) is 8. The van der Waals surface area contributed by atoms with Gasteiger partial charge >= 0.3 is 0 Å². The zero-order valence-electron chi connectivity index (χ0n) is 26.4. The Bertz CT molecular complexity index is 2230. The highest BCUT2D eigenvalue weighted by atomic mass is 35.5. The summed E-state index contributed by atoms with van der Waals surface area (Å²) >= 11 is 6.59. The number of rotatable bonds is 9. The topological polar surface area (TPSA) is 137 Å². The largest absolute Gasteiger partial charge is 0.508 e. The van der Waals surface area contributed by atoms with E-state index in [1.54, 1.807) is 39.6 Å². The molecule has 3 aromatic carbocycles. The number of nitrogens with two attached hydrogens (primary N) is 1. The second-order valence-corrected chi connectivity index (χ2v) is 12.5. The van der Waals surface area contributed by atoms with Crippen LogP contribution >= 0.6 is 11.6 Å². The highest BCUT2D eigenvalue weighted by Gasteiger charge is 2.21. The Morgan fingerprint density at radius 1 is 0.979 bits per heavy atom. The fourth-order valence-electron chi connectivity index (χ4n) is 6.36. The highest BCUT2D eigenvalue weighted by molar-refractivity contribution is 6.31. The van der Waals surface area contributed by atoms with E-state index in [9.17, 15) is 9.90 Å². The summed E-state index contributed by atoms with van der Waals surface area (Å²) in [5, 5.41) is 19.9. The second kappa shape index (κ2) is 13.9. The number of aromatic nitrogens is 6. The van der Waals surface area contributed by atoms with Crippen molar-refractivity contribution in [2.24, 2.45) is 0 Å². The van der Waals surface area contributed by atoms with Gasteiger partial charge in [0.2, 0.25) is 0 Å². The average molecular weight is 659 g/mol. The summed E-state index contributed by atoms with van der Waals surface area (Å²) < 4.78 is 3.31. The van der Waals surface area contributed by atoms with Crippen molar-refractivity contribution in [3.05, 3.63) is 105 Å². The number of nitrogens with one attached hydrogen (secondary N) is 1. The maximum Gasteiger partial charge on any atom is 0.263 e. The van der Waals surface area contributed by atoms with Crippen LogP contribution < -0.4 is 16.6 Å². The van der Waals surface area contributed by atoms with E-state index in [0.29, 0.717) is 50.1 Å². The third-order valence-electron chi connectivity index (χ3n) is 8.83. The van der Waals surface area contributed by atoms with Crippen LogP contribution in [0.1, 0.15) is 55.5 Å². The first kappa shape index (κ1) is 31.4. The van der Waals surface area contributed by atoms with Crippen LogP contribution in [0.3, 0.4) is 0 Å². The second-order valence-electron chi connectivity index (χ2n) is 12.1. The molecule has 11 heteroatoms. The quantitative estimate of drug-likeness (QED) is 0.129. The number of benzene rings is 3. The molecule has 10 nitrogen and oxygen atoms in total. The lowest BCUT2D eigenvalue weighted by Gasteiger charge is -2.15. The van der Waals surface area contributed by atoms with Crippen LogP contribution in [0, 0.1) is 11.8 Å². The highest BCUT2D eigenvalue weighted by Crippen LogP contribution is 2.31. The molecule has 3 heterocycles. The minimum absolute atomic E-state index is 0.116. The van der Waals surface area contributed by atoms with Crippen molar-refractivity contribution in [3.63, 3.8) is 0 Å². The molecule has 0 unspecified atom stereocenters. The molecule has 1 aliphatic carbocycles. The Balaban J connectivity index is 1.28. The Hall–Kier alpha value is -5.24. The van der Waals surface area contributed by atoms with Gasteiger partial charge in [-0.05, 0) is 73.8 Å². The first-order valence-electron chi connectivity index (χ1n) is 16.2. The molecule has 4 N–H and O–H groups in total. The van der Waals surface area contributed by atoms with Gasteiger partial charge in [-0.3, -0.25) is 9.36 Å². The fraction of sp³-hybridized carbons (Fsp3) is 0.270. The van der Waals surface area contributed by atoms with Gasteiger partial charge in [0, 0.05) is 28.6 Å². The van der Waals surface area contributed by atoms with Gasteiger partial charge in [-0.15, -0.1) is 0 Å². The minimum Gasteiger partial charge on any atom is -0.508 e. The van der Waals surface area contributed by atoms with Gasteiger partial charge in [0.15, 0.2) is 5.65 Å². The van der Waals surface area contributed by atoms with Crippen molar-refractivity contribution >= 4 is 39.4 Å². The molecule has 0 saturated heterocycles. The molecule has 242 valence electrons. The van der Waals surface area contributed by atoms with E-state index >= 15 is 0 Å². The first-order valence-corrected chi connectivity index (χ1v) is 16.6.